The molecule has 0 aromatic heterocycles. The number of hydrogen-bond acceptors (Lipinski definition) is 3. The highest BCUT2D eigenvalue weighted by Gasteiger charge is 2.32. The van der Waals surface area contributed by atoms with Crippen molar-refractivity contribution in [1.29, 1.82) is 0 Å². The molecule has 1 saturated carbocycles. The lowest BCUT2D eigenvalue weighted by Crippen LogP contribution is -2.53. The van der Waals surface area contributed by atoms with Crippen LogP contribution in [0.3, 0.4) is 0 Å². The number of ether oxygens (including phenoxy) is 1. The van der Waals surface area contributed by atoms with E-state index in [1.165, 1.54) is 12.0 Å². The molecule has 2 amide bonds. The van der Waals surface area contributed by atoms with Gasteiger partial charge in [0.15, 0.2) is 6.61 Å². The van der Waals surface area contributed by atoms with Crippen molar-refractivity contribution in [1.82, 2.24) is 10.2 Å². The van der Waals surface area contributed by atoms with Crippen LogP contribution in [0.25, 0.3) is 0 Å². The van der Waals surface area contributed by atoms with E-state index in [-0.39, 0.29) is 29.9 Å². The number of nitrogens with one attached hydrogen (secondary N) is 1. The van der Waals surface area contributed by atoms with Crippen molar-refractivity contribution in [3.05, 3.63) is 99.5 Å². The van der Waals surface area contributed by atoms with Crippen LogP contribution < -0.4 is 10.1 Å². The van der Waals surface area contributed by atoms with E-state index in [1.807, 2.05) is 73.7 Å². The summed E-state index contributed by atoms with van der Waals surface area (Å²) in [6.07, 6.45) is 5.85. The number of benzene rings is 3. The molecule has 1 fully saturated rings. The molecule has 4 rings (SSSR count). The molecule has 0 spiro atoms. The predicted octanol–water partition coefficient (Wildman–Crippen LogP) is 7.52. The minimum absolute atomic E-state index is 0.00215. The summed E-state index contributed by atoms with van der Waals surface area (Å²) in [7, 11) is 0. The van der Waals surface area contributed by atoms with E-state index < -0.39 is 6.04 Å². The third-order valence-electron chi connectivity index (χ3n) is 7.81. The van der Waals surface area contributed by atoms with Crippen molar-refractivity contribution in [2.24, 2.45) is 0 Å². The zero-order valence-corrected chi connectivity index (χ0v) is 26.4. The fraction of sp³-hybridized carbons (Fsp3) is 0.429. The maximum atomic E-state index is 14.0. The summed E-state index contributed by atoms with van der Waals surface area (Å²) in [6, 6.07) is 23.5. The highest BCUT2D eigenvalue weighted by molar-refractivity contribution is 9.10. The summed E-state index contributed by atoms with van der Waals surface area (Å²) in [5.74, 6) is 0.281. The van der Waals surface area contributed by atoms with Crippen molar-refractivity contribution >= 4 is 27.7 Å². The maximum Gasteiger partial charge on any atom is 0.261 e. The van der Waals surface area contributed by atoms with Gasteiger partial charge in [-0.05, 0) is 69.9 Å². The van der Waals surface area contributed by atoms with Crippen molar-refractivity contribution in [3.8, 4) is 5.75 Å². The molecule has 218 valence electrons. The summed E-state index contributed by atoms with van der Waals surface area (Å²) >= 11 is 3.63. The summed E-state index contributed by atoms with van der Waals surface area (Å²) < 4.78 is 6.87. The lowest BCUT2D eigenvalue weighted by atomic mass is 9.87. The van der Waals surface area contributed by atoms with E-state index in [9.17, 15) is 9.59 Å². The van der Waals surface area contributed by atoms with Gasteiger partial charge in [0.1, 0.15) is 11.8 Å². The molecule has 6 heteroatoms. The largest absolute Gasteiger partial charge is 0.483 e. The third kappa shape index (κ3) is 8.93. The van der Waals surface area contributed by atoms with E-state index in [0.29, 0.717) is 18.7 Å². The van der Waals surface area contributed by atoms with Crippen LogP contribution in [-0.2, 0) is 28.0 Å². The van der Waals surface area contributed by atoms with Gasteiger partial charge in [0.2, 0.25) is 5.91 Å². The van der Waals surface area contributed by atoms with E-state index in [4.69, 9.17) is 4.74 Å². The maximum absolute atomic E-state index is 14.0. The Morgan fingerprint density at radius 1 is 0.951 bits per heavy atom. The van der Waals surface area contributed by atoms with Gasteiger partial charge in [-0.3, -0.25) is 9.59 Å². The monoisotopic (exact) mass is 618 g/mol. The van der Waals surface area contributed by atoms with Gasteiger partial charge in [0, 0.05) is 19.0 Å². The summed E-state index contributed by atoms with van der Waals surface area (Å²) in [5, 5.41) is 3.29. The molecule has 5 nitrogen and oxygen atoms in total. The Hall–Kier alpha value is -3.12. The van der Waals surface area contributed by atoms with Gasteiger partial charge < -0.3 is 15.0 Å². The van der Waals surface area contributed by atoms with Crippen LogP contribution in [-0.4, -0.2) is 35.4 Å². The normalized spacial score (nSPS) is 14.8. The van der Waals surface area contributed by atoms with E-state index >= 15 is 0 Å². The van der Waals surface area contributed by atoms with Gasteiger partial charge in [-0.15, -0.1) is 0 Å². The first kappa shape index (κ1) is 30.8. The number of hydrogen-bond donors (Lipinski definition) is 1. The first-order valence-electron chi connectivity index (χ1n) is 14.7. The lowest BCUT2D eigenvalue weighted by Gasteiger charge is -2.33. The minimum Gasteiger partial charge on any atom is -0.483 e. The molecule has 0 heterocycles. The van der Waals surface area contributed by atoms with Gasteiger partial charge in [-0.1, -0.05) is 106 Å². The topological polar surface area (TPSA) is 58.6 Å². The van der Waals surface area contributed by atoms with E-state index in [1.54, 1.807) is 4.90 Å². The van der Waals surface area contributed by atoms with Crippen LogP contribution >= 0.6 is 15.9 Å². The quantitative estimate of drug-likeness (QED) is 0.255. The average Bonchev–Trinajstić information content (AvgIpc) is 2.94. The molecule has 0 saturated heterocycles. The molecule has 0 bridgehead atoms. The molecule has 1 aliphatic rings. The Balaban J connectivity index is 1.61. The molecule has 1 aliphatic carbocycles. The fourth-order valence-electron chi connectivity index (χ4n) is 5.41. The zero-order chi connectivity index (χ0) is 29.4. The molecule has 41 heavy (non-hydrogen) atoms. The first-order valence-corrected chi connectivity index (χ1v) is 15.5. The van der Waals surface area contributed by atoms with Gasteiger partial charge in [-0.25, -0.2) is 0 Å². The number of aryl methyl sites for hydroxylation is 1. The number of nitrogens with zero attached hydrogens (tertiary/aromatic N) is 1. The smallest absolute Gasteiger partial charge is 0.261 e. The second-order valence-corrected chi connectivity index (χ2v) is 13.1. The number of rotatable bonds is 10. The minimum atomic E-state index is -0.664. The Morgan fingerprint density at radius 3 is 2.32 bits per heavy atom. The summed E-state index contributed by atoms with van der Waals surface area (Å²) in [4.78, 5) is 29.6. The van der Waals surface area contributed by atoms with Crippen molar-refractivity contribution < 1.29 is 14.3 Å². The van der Waals surface area contributed by atoms with Crippen LogP contribution in [0.1, 0.15) is 75.1 Å². The molecule has 1 N–H and O–H groups in total. The first-order chi connectivity index (χ1) is 19.6. The van der Waals surface area contributed by atoms with Crippen LogP contribution in [0.2, 0.25) is 0 Å². The Morgan fingerprint density at radius 2 is 1.66 bits per heavy atom. The second-order valence-electron chi connectivity index (χ2n) is 12.2. The summed E-state index contributed by atoms with van der Waals surface area (Å²) in [6.45, 7) is 8.67. The van der Waals surface area contributed by atoms with Crippen molar-refractivity contribution in [3.63, 3.8) is 0 Å². The zero-order valence-electron chi connectivity index (χ0n) is 24.8. The average molecular weight is 620 g/mol. The molecule has 0 aliphatic heterocycles. The van der Waals surface area contributed by atoms with Crippen LogP contribution in [0.4, 0.5) is 0 Å². The predicted molar refractivity (Wildman–Crippen MR) is 169 cm³/mol. The lowest BCUT2D eigenvalue weighted by molar-refractivity contribution is -0.143. The number of carbonyl (C=O) groups is 2. The Bertz CT molecular complexity index is 1310. The Kier molecular flexibility index (Phi) is 10.7. The van der Waals surface area contributed by atoms with Gasteiger partial charge >= 0.3 is 0 Å². The SMILES string of the molecule is Cc1cccc(CN(C(=O)COc2ccc(C(C)(C)C)cc2Br)[C@@H](Cc2ccccc2)C(=O)NC2CCCCC2)c1. The van der Waals surface area contributed by atoms with Crippen LogP contribution in [0, 0.1) is 6.92 Å². The van der Waals surface area contributed by atoms with Gasteiger partial charge in [0.05, 0.1) is 4.47 Å². The Labute approximate surface area is 253 Å². The van der Waals surface area contributed by atoms with E-state index in [0.717, 1.165) is 46.8 Å². The standard InChI is InChI=1S/C35H43BrN2O3/c1-25-12-11-15-27(20-25)23-38(33(39)24-41-32-19-18-28(22-30(32)36)35(2,3)4)31(21-26-13-7-5-8-14-26)34(40)37-29-16-9-6-10-17-29/h5,7-8,11-15,18-20,22,29,31H,6,9-10,16-17,21,23-24H2,1-4H3,(H,37,40)/t31-/m0/s1. The van der Waals surface area contributed by atoms with Crippen LogP contribution in [0.5, 0.6) is 5.75 Å². The van der Waals surface area contributed by atoms with Crippen molar-refractivity contribution in [2.45, 2.75) is 90.3 Å². The molecule has 1 atom stereocenters. The second kappa shape index (κ2) is 14.2. The molecule has 3 aromatic rings. The molecule has 0 radical (unpaired) electrons. The molecular weight excluding hydrogens is 576 g/mol. The van der Waals surface area contributed by atoms with Crippen LogP contribution in [0.15, 0.2) is 77.3 Å². The fourth-order valence-corrected chi connectivity index (χ4v) is 5.91. The molecular formula is C35H43BrN2O3. The molecule has 0 unspecified atom stereocenters. The number of carbonyl (C=O) groups excluding carboxylic acids is 2. The van der Waals surface area contributed by atoms with Gasteiger partial charge in [-0.2, -0.15) is 0 Å². The summed E-state index contributed by atoms with van der Waals surface area (Å²) in [5.41, 5.74) is 4.28. The number of amides is 2. The highest BCUT2D eigenvalue weighted by atomic mass is 79.9. The third-order valence-corrected chi connectivity index (χ3v) is 8.43. The van der Waals surface area contributed by atoms with Crippen molar-refractivity contribution in [2.75, 3.05) is 6.61 Å². The van der Waals surface area contributed by atoms with E-state index in [2.05, 4.69) is 48.1 Å². The number of halogens is 1. The van der Waals surface area contributed by atoms with Gasteiger partial charge in [0.25, 0.3) is 5.91 Å². The highest BCUT2D eigenvalue weighted by Crippen LogP contribution is 2.31. The molecule has 3 aromatic carbocycles.